The highest BCUT2D eigenvalue weighted by Crippen LogP contribution is 2.20. The maximum atomic E-state index is 11.8. The van der Waals surface area contributed by atoms with Crippen LogP contribution in [0.2, 0.25) is 0 Å². The number of amides is 1. The minimum absolute atomic E-state index is 0.286. The Morgan fingerprint density at radius 2 is 2.18 bits per heavy atom. The van der Waals surface area contributed by atoms with E-state index < -0.39 is 0 Å². The van der Waals surface area contributed by atoms with Crippen molar-refractivity contribution in [1.29, 1.82) is 0 Å². The topological polar surface area (TPSA) is 87.4 Å². The standard InChI is InChI=1S/C11H9N5O/c12-5-7-6-13-16(10(7)17)11-14-8-3-1-2-4-9(8)15-11/h1-6H,12H2,(H,14,15)/b7-5+. The monoisotopic (exact) mass is 227 g/mol. The van der Waals surface area contributed by atoms with Crippen LogP contribution in [0.4, 0.5) is 5.95 Å². The number of nitrogens with one attached hydrogen (secondary N) is 1. The van der Waals surface area contributed by atoms with E-state index in [2.05, 4.69) is 15.1 Å². The Morgan fingerprint density at radius 3 is 2.88 bits per heavy atom. The number of nitrogens with zero attached hydrogens (tertiary/aromatic N) is 3. The summed E-state index contributed by atoms with van der Waals surface area (Å²) in [7, 11) is 0. The molecule has 2 aromatic rings. The van der Waals surface area contributed by atoms with Gasteiger partial charge in [0, 0.05) is 6.20 Å². The summed E-state index contributed by atoms with van der Waals surface area (Å²) in [5.74, 6) is 0.107. The van der Waals surface area contributed by atoms with Gasteiger partial charge in [0.05, 0.1) is 22.8 Å². The lowest BCUT2D eigenvalue weighted by molar-refractivity contribution is -0.114. The first-order valence-electron chi connectivity index (χ1n) is 5.04. The Kier molecular flexibility index (Phi) is 1.94. The van der Waals surface area contributed by atoms with Crippen LogP contribution in [0.5, 0.6) is 0 Å². The zero-order valence-electron chi connectivity index (χ0n) is 8.79. The molecule has 1 amide bonds. The highest BCUT2D eigenvalue weighted by Gasteiger charge is 2.26. The van der Waals surface area contributed by atoms with Gasteiger partial charge in [0.25, 0.3) is 5.91 Å². The van der Waals surface area contributed by atoms with E-state index in [0.717, 1.165) is 11.0 Å². The zero-order valence-corrected chi connectivity index (χ0v) is 8.79. The molecule has 1 aliphatic rings. The molecule has 17 heavy (non-hydrogen) atoms. The number of benzene rings is 1. The van der Waals surface area contributed by atoms with E-state index in [9.17, 15) is 4.79 Å². The van der Waals surface area contributed by atoms with Crippen molar-refractivity contribution < 1.29 is 4.79 Å². The number of H-pyrrole nitrogens is 1. The molecule has 1 aliphatic heterocycles. The van der Waals surface area contributed by atoms with Crippen LogP contribution in [0.15, 0.2) is 41.1 Å². The minimum Gasteiger partial charge on any atom is -0.404 e. The van der Waals surface area contributed by atoms with Gasteiger partial charge in [-0.15, -0.1) is 0 Å². The Labute approximate surface area is 96.4 Å². The normalized spacial score (nSPS) is 17.5. The van der Waals surface area contributed by atoms with Crippen LogP contribution in [-0.2, 0) is 4.79 Å². The van der Waals surface area contributed by atoms with E-state index in [0.29, 0.717) is 11.5 Å². The third kappa shape index (κ3) is 1.38. The van der Waals surface area contributed by atoms with Gasteiger partial charge < -0.3 is 10.7 Å². The maximum Gasteiger partial charge on any atom is 0.284 e. The number of fused-ring (bicyclic) bond motifs is 1. The summed E-state index contributed by atoms with van der Waals surface area (Å²) in [6.45, 7) is 0. The summed E-state index contributed by atoms with van der Waals surface area (Å²) in [5, 5.41) is 5.14. The van der Waals surface area contributed by atoms with Crippen molar-refractivity contribution in [3.8, 4) is 0 Å². The van der Waals surface area contributed by atoms with Crippen molar-refractivity contribution in [2.45, 2.75) is 0 Å². The molecule has 0 unspecified atom stereocenters. The van der Waals surface area contributed by atoms with E-state index in [1.165, 1.54) is 17.4 Å². The molecule has 84 valence electrons. The second kappa shape index (κ2) is 3.44. The number of aromatic nitrogens is 2. The molecule has 0 saturated heterocycles. The van der Waals surface area contributed by atoms with Crippen molar-refractivity contribution in [3.05, 3.63) is 36.0 Å². The number of imidazole rings is 1. The van der Waals surface area contributed by atoms with Crippen molar-refractivity contribution >= 4 is 29.1 Å². The SMILES string of the molecule is N/C=C1\C=NN(c2nc3ccccc3[nH]2)C1=O. The Hall–Kier alpha value is -2.63. The molecule has 0 saturated carbocycles. The predicted molar refractivity (Wildman–Crippen MR) is 64.3 cm³/mol. The Morgan fingerprint density at radius 1 is 1.35 bits per heavy atom. The van der Waals surface area contributed by atoms with Crippen LogP contribution in [0.3, 0.4) is 0 Å². The molecule has 0 fully saturated rings. The highest BCUT2D eigenvalue weighted by molar-refractivity contribution is 6.22. The third-order valence-electron chi connectivity index (χ3n) is 2.51. The fourth-order valence-corrected chi connectivity index (χ4v) is 1.65. The van der Waals surface area contributed by atoms with Crippen molar-refractivity contribution in [2.24, 2.45) is 10.8 Å². The molecule has 1 aromatic heterocycles. The van der Waals surface area contributed by atoms with Gasteiger partial charge in [0.1, 0.15) is 0 Å². The fourth-order valence-electron chi connectivity index (χ4n) is 1.65. The predicted octanol–water partition coefficient (Wildman–Crippen LogP) is 0.738. The zero-order chi connectivity index (χ0) is 11.8. The van der Waals surface area contributed by atoms with E-state index >= 15 is 0 Å². The highest BCUT2D eigenvalue weighted by atomic mass is 16.2. The first-order valence-corrected chi connectivity index (χ1v) is 5.04. The second-order valence-electron chi connectivity index (χ2n) is 3.56. The lowest BCUT2D eigenvalue weighted by Crippen LogP contribution is -2.22. The molecule has 0 bridgehead atoms. The Bertz CT molecular complexity index is 622. The number of para-hydroxylation sites is 2. The minimum atomic E-state index is -0.286. The molecule has 6 heteroatoms. The smallest absolute Gasteiger partial charge is 0.284 e. The fraction of sp³-hybridized carbons (Fsp3) is 0. The summed E-state index contributed by atoms with van der Waals surface area (Å²) in [6.07, 6.45) is 2.64. The van der Waals surface area contributed by atoms with E-state index in [-0.39, 0.29) is 5.91 Å². The quantitative estimate of drug-likeness (QED) is 0.704. The number of carbonyl (C=O) groups excluding carboxylic acids is 1. The third-order valence-corrected chi connectivity index (χ3v) is 2.51. The van der Waals surface area contributed by atoms with Gasteiger partial charge in [-0.2, -0.15) is 10.1 Å². The average molecular weight is 227 g/mol. The first-order chi connectivity index (χ1) is 8.29. The number of rotatable bonds is 1. The molecule has 0 spiro atoms. The van der Waals surface area contributed by atoms with Gasteiger partial charge in [-0.25, -0.2) is 4.98 Å². The van der Waals surface area contributed by atoms with Gasteiger partial charge >= 0.3 is 0 Å². The van der Waals surface area contributed by atoms with E-state index in [1.807, 2.05) is 24.3 Å². The molecular weight excluding hydrogens is 218 g/mol. The molecule has 3 N–H and O–H groups in total. The molecule has 1 aromatic carbocycles. The second-order valence-corrected chi connectivity index (χ2v) is 3.56. The van der Waals surface area contributed by atoms with Crippen molar-refractivity contribution in [3.63, 3.8) is 0 Å². The number of carbonyl (C=O) groups is 1. The van der Waals surface area contributed by atoms with Crippen molar-refractivity contribution in [2.75, 3.05) is 5.01 Å². The number of hydrogen-bond acceptors (Lipinski definition) is 4. The van der Waals surface area contributed by atoms with E-state index in [4.69, 9.17) is 5.73 Å². The summed E-state index contributed by atoms with van der Waals surface area (Å²) < 4.78 is 0. The Balaban J connectivity index is 2.06. The largest absolute Gasteiger partial charge is 0.404 e. The van der Waals surface area contributed by atoms with Gasteiger partial charge in [-0.1, -0.05) is 12.1 Å². The summed E-state index contributed by atoms with van der Waals surface area (Å²) in [5.41, 5.74) is 7.31. The van der Waals surface area contributed by atoms with Gasteiger partial charge in [-0.3, -0.25) is 4.79 Å². The molecular formula is C11H9N5O. The number of hydrazone groups is 1. The number of aromatic amines is 1. The average Bonchev–Trinajstić information content (AvgIpc) is 2.91. The molecule has 0 radical (unpaired) electrons. The maximum absolute atomic E-state index is 11.8. The van der Waals surface area contributed by atoms with Crippen LogP contribution < -0.4 is 10.7 Å². The summed E-state index contributed by atoms with van der Waals surface area (Å²) in [4.78, 5) is 19.1. The summed E-state index contributed by atoms with van der Waals surface area (Å²) in [6, 6.07) is 7.52. The first kappa shape index (κ1) is 9.59. The van der Waals surface area contributed by atoms with Crippen LogP contribution in [0.1, 0.15) is 0 Å². The number of anilines is 1. The lowest BCUT2D eigenvalue weighted by Gasteiger charge is -2.06. The van der Waals surface area contributed by atoms with Gasteiger partial charge in [-0.05, 0) is 12.1 Å². The van der Waals surface area contributed by atoms with Gasteiger partial charge in [0.15, 0.2) is 0 Å². The molecule has 3 rings (SSSR count). The molecule has 0 aliphatic carbocycles. The van der Waals surface area contributed by atoms with Crippen LogP contribution >= 0.6 is 0 Å². The van der Waals surface area contributed by atoms with Crippen LogP contribution in [-0.4, -0.2) is 22.1 Å². The van der Waals surface area contributed by atoms with Crippen LogP contribution in [0.25, 0.3) is 11.0 Å². The van der Waals surface area contributed by atoms with Crippen molar-refractivity contribution in [1.82, 2.24) is 9.97 Å². The van der Waals surface area contributed by atoms with E-state index in [1.54, 1.807) is 0 Å². The number of hydrogen-bond donors (Lipinski definition) is 2. The van der Waals surface area contributed by atoms with Crippen LogP contribution in [0, 0.1) is 0 Å². The lowest BCUT2D eigenvalue weighted by atomic mass is 10.3. The summed E-state index contributed by atoms with van der Waals surface area (Å²) >= 11 is 0. The number of nitrogens with two attached hydrogens (primary N) is 1. The molecule has 0 atom stereocenters. The molecule has 2 heterocycles. The van der Waals surface area contributed by atoms with Gasteiger partial charge in [0.2, 0.25) is 5.95 Å². The molecule has 6 nitrogen and oxygen atoms in total.